The van der Waals surface area contributed by atoms with Crippen molar-refractivity contribution in [3.05, 3.63) is 30.1 Å². The zero-order chi connectivity index (χ0) is 18.1. The van der Waals surface area contributed by atoms with Crippen molar-refractivity contribution >= 4 is 23.7 Å². The fourth-order valence-corrected chi connectivity index (χ4v) is 3.59. The molecule has 136 valence electrons. The number of ether oxygens (including phenoxy) is 2. The molecule has 3 amide bonds. The Morgan fingerprint density at radius 3 is 2.92 bits per heavy atom. The fraction of sp³-hybridized carbons (Fsp3) is 0.375. The fourth-order valence-electron chi connectivity index (χ4n) is 2.79. The zero-order valence-electron chi connectivity index (χ0n) is 14.0. The zero-order valence-corrected chi connectivity index (χ0v) is 14.9. The van der Waals surface area contributed by atoms with Crippen molar-refractivity contribution in [1.29, 1.82) is 0 Å². The molecule has 10 heteroatoms. The molecule has 1 N–H and O–H groups in total. The van der Waals surface area contributed by atoms with E-state index in [2.05, 4.69) is 15.5 Å². The molecule has 1 unspecified atom stereocenters. The number of imide groups is 1. The molecule has 3 heterocycles. The first-order valence-corrected chi connectivity index (χ1v) is 9.11. The average molecular weight is 375 g/mol. The summed E-state index contributed by atoms with van der Waals surface area (Å²) in [5.41, 5.74) is 0. The second kappa shape index (κ2) is 6.87. The molecule has 0 radical (unpaired) electrons. The summed E-state index contributed by atoms with van der Waals surface area (Å²) in [6.07, 6.45) is -0.378. The third-order valence-corrected chi connectivity index (χ3v) is 5.15. The number of fused-ring (bicyclic) bond motifs is 1. The number of nitrogens with zero attached hydrogens (tertiary/aromatic N) is 4. The van der Waals surface area contributed by atoms with Gasteiger partial charge in [0, 0.05) is 20.1 Å². The number of urea groups is 1. The minimum absolute atomic E-state index is 0.115. The van der Waals surface area contributed by atoms with Gasteiger partial charge in [0.15, 0.2) is 28.6 Å². The van der Waals surface area contributed by atoms with Gasteiger partial charge >= 0.3 is 6.03 Å². The summed E-state index contributed by atoms with van der Waals surface area (Å²) in [5, 5.41) is 11.5. The van der Waals surface area contributed by atoms with Crippen LogP contribution in [0.15, 0.2) is 29.4 Å². The Morgan fingerprint density at radius 2 is 2.15 bits per heavy atom. The van der Waals surface area contributed by atoms with Crippen LogP contribution in [-0.2, 0) is 11.8 Å². The lowest BCUT2D eigenvalue weighted by atomic mass is 10.2. The van der Waals surface area contributed by atoms with Gasteiger partial charge in [-0.3, -0.25) is 9.69 Å². The van der Waals surface area contributed by atoms with Crippen molar-refractivity contribution in [2.45, 2.75) is 11.3 Å². The number of hydrogen-bond donors (Lipinski definition) is 1. The second-order valence-electron chi connectivity index (χ2n) is 5.83. The lowest BCUT2D eigenvalue weighted by Gasteiger charge is -2.25. The Balaban J connectivity index is 1.42. The average Bonchev–Trinajstić information content (AvgIpc) is 3.25. The monoisotopic (exact) mass is 375 g/mol. The Kier molecular flexibility index (Phi) is 4.41. The standard InChI is InChI=1S/C16H17N5O4S/c1-20-14(12-8-24-10-4-2-3-5-11(10)25-12)18-19-16(20)26-9-13(22)21-7-6-17-15(21)23/h2-5,12H,6-9H2,1H3,(H,17,23). The molecule has 0 bridgehead atoms. The van der Waals surface area contributed by atoms with Crippen LogP contribution >= 0.6 is 11.8 Å². The van der Waals surface area contributed by atoms with Gasteiger partial charge in [-0.2, -0.15) is 0 Å². The summed E-state index contributed by atoms with van der Waals surface area (Å²) in [7, 11) is 1.81. The minimum atomic E-state index is -0.378. The van der Waals surface area contributed by atoms with Crippen LogP contribution in [0.2, 0.25) is 0 Å². The third-order valence-electron chi connectivity index (χ3n) is 4.15. The number of benzene rings is 1. The predicted molar refractivity (Wildman–Crippen MR) is 92.1 cm³/mol. The molecule has 0 spiro atoms. The van der Waals surface area contributed by atoms with E-state index >= 15 is 0 Å². The van der Waals surface area contributed by atoms with E-state index in [1.165, 1.54) is 16.7 Å². The maximum Gasteiger partial charge on any atom is 0.324 e. The molecular formula is C16H17N5O4S. The van der Waals surface area contributed by atoms with Gasteiger partial charge in [-0.25, -0.2) is 4.79 Å². The second-order valence-corrected chi connectivity index (χ2v) is 6.77. The molecule has 4 rings (SSSR count). The van der Waals surface area contributed by atoms with Crippen molar-refractivity contribution < 1.29 is 19.1 Å². The highest BCUT2D eigenvalue weighted by atomic mass is 32.2. The van der Waals surface area contributed by atoms with Gasteiger partial charge in [-0.05, 0) is 12.1 Å². The number of carbonyl (C=O) groups excluding carboxylic acids is 2. The molecule has 1 aromatic heterocycles. The molecule has 1 atom stereocenters. The summed E-state index contributed by atoms with van der Waals surface area (Å²) < 4.78 is 13.4. The molecule has 2 aromatic rings. The van der Waals surface area contributed by atoms with Crippen molar-refractivity contribution in [2.75, 3.05) is 25.4 Å². The van der Waals surface area contributed by atoms with E-state index in [1.54, 1.807) is 4.57 Å². The van der Waals surface area contributed by atoms with Crippen LogP contribution in [0.25, 0.3) is 0 Å². The van der Waals surface area contributed by atoms with Gasteiger partial charge in [0.2, 0.25) is 5.91 Å². The van der Waals surface area contributed by atoms with Crippen molar-refractivity contribution in [3.63, 3.8) is 0 Å². The van der Waals surface area contributed by atoms with E-state index in [-0.39, 0.29) is 23.8 Å². The smallest absolute Gasteiger partial charge is 0.324 e. The molecule has 9 nitrogen and oxygen atoms in total. The SMILES string of the molecule is Cn1c(SCC(=O)N2CCNC2=O)nnc1C1COc2ccccc2O1. The van der Waals surface area contributed by atoms with E-state index in [0.717, 1.165) is 0 Å². The van der Waals surface area contributed by atoms with Crippen LogP contribution in [-0.4, -0.2) is 57.1 Å². The van der Waals surface area contributed by atoms with Gasteiger partial charge < -0.3 is 19.4 Å². The van der Waals surface area contributed by atoms with E-state index in [1.807, 2.05) is 31.3 Å². The van der Waals surface area contributed by atoms with Gasteiger partial charge in [0.1, 0.15) is 6.61 Å². The first-order chi connectivity index (χ1) is 12.6. The quantitative estimate of drug-likeness (QED) is 0.795. The molecule has 26 heavy (non-hydrogen) atoms. The maximum atomic E-state index is 12.1. The molecule has 1 saturated heterocycles. The Hall–Kier alpha value is -2.75. The Labute approximate surface area is 153 Å². The van der Waals surface area contributed by atoms with Gasteiger partial charge in [0.05, 0.1) is 5.75 Å². The minimum Gasteiger partial charge on any atom is -0.485 e. The number of para-hydroxylation sites is 2. The van der Waals surface area contributed by atoms with Crippen molar-refractivity contribution in [1.82, 2.24) is 25.0 Å². The first kappa shape index (κ1) is 16.7. The number of amides is 3. The highest BCUT2D eigenvalue weighted by Gasteiger charge is 2.29. The molecule has 0 saturated carbocycles. The maximum absolute atomic E-state index is 12.1. The summed E-state index contributed by atoms with van der Waals surface area (Å²) in [4.78, 5) is 24.9. The number of aromatic nitrogens is 3. The molecule has 1 fully saturated rings. The normalized spacial score (nSPS) is 18.7. The highest BCUT2D eigenvalue weighted by Crippen LogP contribution is 2.35. The van der Waals surface area contributed by atoms with Crippen LogP contribution in [0.4, 0.5) is 4.79 Å². The van der Waals surface area contributed by atoms with Crippen LogP contribution in [0.5, 0.6) is 11.5 Å². The Bertz CT molecular complexity index is 855. The first-order valence-electron chi connectivity index (χ1n) is 8.12. The number of nitrogens with one attached hydrogen (secondary N) is 1. The highest BCUT2D eigenvalue weighted by molar-refractivity contribution is 7.99. The topological polar surface area (TPSA) is 98.6 Å². The predicted octanol–water partition coefficient (Wildman–Crippen LogP) is 0.971. The summed E-state index contributed by atoms with van der Waals surface area (Å²) in [5.74, 6) is 1.85. The third kappa shape index (κ3) is 3.07. The van der Waals surface area contributed by atoms with E-state index in [4.69, 9.17) is 9.47 Å². The van der Waals surface area contributed by atoms with Gasteiger partial charge in [-0.1, -0.05) is 23.9 Å². The number of hydrogen-bond acceptors (Lipinski definition) is 7. The number of thioether (sulfide) groups is 1. The molecule has 2 aliphatic rings. The lowest BCUT2D eigenvalue weighted by Crippen LogP contribution is -2.35. The summed E-state index contributed by atoms with van der Waals surface area (Å²) in [6, 6.07) is 7.11. The lowest BCUT2D eigenvalue weighted by molar-refractivity contribution is -0.124. The van der Waals surface area contributed by atoms with Gasteiger partial charge in [0.25, 0.3) is 0 Å². The summed E-state index contributed by atoms with van der Waals surface area (Å²) >= 11 is 1.24. The van der Waals surface area contributed by atoms with Crippen LogP contribution < -0.4 is 14.8 Å². The molecule has 1 aromatic carbocycles. The molecule has 2 aliphatic heterocycles. The van der Waals surface area contributed by atoms with E-state index in [9.17, 15) is 9.59 Å². The van der Waals surface area contributed by atoms with Crippen LogP contribution in [0, 0.1) is 0 Å². The van der Waals surface area contributed by atoms with Gasteiger partial charge in [-0.15, -0.1) is 10.2 Å². The number of rotatable bonds is 4. The van der Waals surface area contributed by atoms with Crippen LogP contribution in [0.1, 0.15) is 11.9 Å². The van der Waals surface area contributed by atoms with Crippen LogP contribution in [0.3, 0.4) is 0 Å². The summed E-state index contributed by atoms with van der Waals surface area (Å²) in [6.45, 7) is 1.22. The Morgan fingerprint density at radius 1 is 1.35 bits per heavy atom. The molecular weight excluding hydrogens is 358 g/mol. The largest absolute Gasteiger partial charge is 0.485 e. The van der Waals surface area contributed by atoms with Crippen molar-refractivity contribution in [2.24, 2.45) is 7.05 Å². The van der Waals surface area contributed by atoms with E-state index < -0.39 is 0 Å². The molecule has 0 aliphatic carbocycles. The van der Waals surface area contributed by atoms with E-state index in [0.29, 0.717) is 42.2 Å². The van der Waals surface area contributed by atoms with Crippen molar-refractivity contribution in [3.8, 4) is 11.5 Å². The number of carbonyl (C=O) groups is 2.